The number of ether oxygens (including phenoxy) is 3. The number of carbonyl (C=O) groups excluding carboxylic acids is 2. The minimum Gasteiger partial charge on any atom is -0.387 e. The van der Waals surface area contributed by atoms with E-state index in [1.807, 2.05) is 29.2 Å². The number of nitrogens with zero attached hydrogens (tertiary/aromatic N) is 6. The maximum Gasteiger partial charge on any atom is 0.248 e. The molecule has 14 heteroatoms. The predicted octanol–water partition coefficient (Wildman–Crippen LogP) is 3.32. The summed E-state index contributed by atoms with van der Waals surface area (Å²) in [6, 6.07) is 8.12. The smallest absolute Gasteiger partial charge is 0.248 e. The number of aliphatic hydroxyl groups is 1. The number of rotatable bonds is 21. The standard InChI is InChI=1S/C38H60ClN7O6/c1-27(2)40-11-18-50-19-20-51-21-22-52-25-34(48)43(6)12-13-46(28(3)4)24-32(30-7-9-31(39)10-8-30)38(49)45-16-14-44(15-17-45)37-35-29(5)23-33(47)36(35)41-26-42-37/h7-10,26-29,32-33,40,47H,11-25H2,1-6H3/t29-,32-,33-/m1/s1. The molecule has 0 saturated carbocycles. The van der Waals surface area contributed by atoms with E-state index in [9.17, 15) is 14.7 Å². The summed E-state index contributed by atoms with van der Waals surface area (Å²) in [6.45, 7) is 17.7. The van der Waals surface area contributed by atoms with Crippen LogP contribution in [0.2, 0.25) is 5.02 Å². The lowest BCUT2D eigenvalue weighted by Crippen LogP contribution is -2.52. The van der Waals surface area contributed by atoms with Crippen molar-refractivity contribution in [3.8, 4) is 0 Å². The van der Waals surface area contributed by atoms with Crippen LogP contribution in [0, 0.1) is 0 Å². The molecule has 4 rings (SSSR count). The van der Waals surface area contributed by atoms with Crippen LogP contribution in [-0.2, 0) is 23.8 Å². The van der Waals surface area contributed by atoms with Crippen LogP contribution in [0.15, 0.2) is 30.6 Å². The first-order valence-corrected chi connectivity index (χ1v) is 19.1. The molecule has 1 fully saturated rings. The largest absolute Gasteiger partial charge is 0.387 e. The van der Waals surface area contributed by atoms with Gasteiger partial charge in [0.15, 0.2) is 0 Å². The Balaban J connectivity index is 1.26. The van der Waals surface area contributed by atoms with Gasteiger partial charge in [0.2, 0.25) is 11.8 Å². The summed E-state index contributed by atoms with van der Waals surface area (Å²) in [4.78, 5) is 44.2. The third-order valence-electron chi connectivity index (χ3n) is 9.80. The second-order valence-electron chi connectivity index (χ2n) is 14.4. The van der Waals surface area contributed by atoms with Gasteiger partial charge in [0, 0.05) is 82.1 Å². The zero-order valence-electron chi connectivity index (χ0n) is 31.9. The Morgan fingerprint density at radius 2 is 1.62 bits per heavy atom. The van der Waals surface area contributed by atoms with E-state index in [4.69, 9.17) is 25.8 Å². The highest BCUT2D eigenvalue weighted by molar-refractivity contribution is 6.30. The first-order chi connectivity index (χ1) is 25.0. The number of amides is 2. The molecule has 1 aromatic heterocycles. The first kappa shape index (κ1) is 41.8. The Bertz CT molecular complexity index is 1390. The Morgan fingerprint density at radius 3 is 2.27 bits per heavy atom. The number of nitrogens with one attached hydrogen (secondary N) is 1. The minimum atomic E-state index is -0.562. The molecule has 1 aliphatic heterocycles. The number of hydrogen-bond donors (Lipinski definition) is 2. The molecule has 2 aromatic rings. The number of fused-ring (bicyclic) bond motifs is 1. The fraction of sp³-hybridized carbons (Fsp3) is 0.684. The SMILES string of the molecule is CC(C)NCCOCCOCCOCC(=O)N(C)CCN(C[C@@H](C(=O)N1CCN(c2ncnc3c2[C@H](C)C[C@H]3O)CC1)c1ccc(Cl)cc1)C(C)C. The topological polar surface area (TPSA) is 133 Å². The van der Waals surface area contributed by atoms with E-state index in [1.54, 1.807) is 11.9 Å². The van der Waals surface area contributed by atoms with Gasteiger partial charge < -0.3 is 39.3 Å². The van der Waals surface area contributed by atoms with Crippen LogP contribution in [0.1, 0.15) is 75.8 Å². The van der Waals surface area contributed by atoms with Gasteiger partial charge in [0.05, 0.1) is 50.8 Å². The summed E-state index contributed by atoms with van der Waals surface area (Å²) >= 11 is 6.25. The number of piperazine rings is 1. The zero-order chi connectivity index (χ0) is 37.6. The van der Waals surface area contributed by atoms with Crippen LogP contribution in [0.5, 0.6) is 0 Å². The van der Waals surface area contributed by atoms with Crippen molar-refractivity contribution in [1.82, 2.24) is 30.0 Å². The number of carbonyl (C=O) groups is 2. The molecule has 2 heterocycles. The monoisotopic (exact) mass is 745 g/mol. The summed E-state index contributed by atoms with van der Waals surface area (Å²) in [5.74, 6) is 0.600. The van der Waals surface area contributed by atoms with E-state index < -0.39 is 12.0 Å². The lowest BCUT2D eigenvalue weighted by Gasteiger charge is -2.39. The van der Waals surface area contributed by atoms with Gasteiger partial charge in [-0.05, 0) is 43.9 Å². The molecule has 1 aromatic carbocycles. The number of aliphatic hydroxyl groups excluding tert-OH is 1. The Kier molecular flexibility index (Phi) is 17.0. The van der Waals surface area contributed by atoms with Crippen molar-refractivity contribution in [3.05, 3.63) is 52.4 Å². The molecule has 0 unspecified atom stereocenters. The lowest BCUT2D eigenvalue weighted by molar-refractivity contribution is -0.136. The number of likely N-dealkylation sites (N-methyl/N-ethyl adjacent to an activating group) is 1. The van der Waals surface area contributed by atoms with Crippen molar-refractivity contribution >= 4 is 29.2 Å². The maximum atomic E-state index is 14.3. The molecule has 3 atom stereocenters. The van der Waals surface area contributed by atoms with Gasteiger partial charge in [-0.15, -0.1) is 0 Å². The van der Waals surface area contributed by atoms with Crippen molar-refractivity contribution in [2.75, 3.05) is 104 Å². The molecule has 1 saturated heterocycles. The van der Waals surface area contributed by atoms with Gasteiger partial charge in [-0.25, -0.2) is 9.97 Å². The highest BCUT2D eigenvalue weighted by Gasteiger charge is 2.35. The van der Waals surface area contributed by atoms with Gasteiger partial charge >= 0.3 is 0 Å². The third kappa shape index (κ3) is 12.3. The zero-order valence-corrected chi connectivity index (χ0v) is 32.7. The van der Waals surface area contributed by atoms with Gasteiger partial charge in [0.25, 0.3) is 0 Å². The molecular weight excluding hydrogens is 686 g/mol. The highest BCUT2D eigenvalue weighted by Crippen LogP contribution is 2.42. The van der Waals surface area contributed by atoms with E-state index >= 15 is 0 Å². The molecule has 0 radical (unpaired) electrons. The van der Waals surface area contributed by atoms with E-state index in [-0.39, 0.29) is 30.4 Å². The highest BCUT2D eigenvalue weighted by atomic mass is 35.5. The van der Waals surface area contributed by atoms with Gasteiger partial charge in [-0.1, -0.05) is 44.5 Å². The van der Waals surface area contributed by atoms with Crippen LogP contribution < -0.4 is 10.2 Å². The summed E-state index contributed by atoms with van der Waals surface area (Å²) < 4.78 is 16.6. The Morgan fingerprint density at radius 1 is 0.962 bits per heavy atom. The van der Waals surface area contributed by atoms with Crippen LogP contribution in [0.3, 0.4) is 0 Å². The molecule has 2 amide bonds. The van der Waals surface area contributed by atoms with Gasteiger partial charge in [-0.2, -0.15) is 0 Å². The molecule has 2 N–H and O–H groups in total. The molecule has 2 aliphatic rings. The van der Waals surface area contributed by atoms with E-state index in [2.05, 4.69) is 59.7 Å². The predicted molar refractivity (Wildman–Crippen MR) is 203 cm³/mol. The molecular formula is C38H60ClN7O6. The van der Waals surface area contributed by atoms with Crippen LogP contribution in [0.25, 0.3) is 0 Å². The number of anilines is 1. The molecule has 52 heavy (non-hydrogen) atoms. The average Bonchev–Trinajstić information content (AvgIpc) is 3.43. The van der Waals surface area contributed by atoms with Crippen LogP contribution >= 0.6 is 11.6 Å². The number of benzene rings is 1. The number of halogens is 1. The minimum absolute atomic E-state index is 0.0198. The van der Waals surface area contributed by atoms with Crippen molar-refractivity contribution in [1.29, 1.82) is 0 Å². The van der Waals surface area contributed by atoms with Gasteiger partial charge in [0.1, 0.15) is 18.8 Å². The summed E-state index contributed by atoms with van der Waals surface area (Å²) in [7, 11) is 1.78. The van der Waals surface area contributed by atoms with E-state index in [0.717, 1.165) is 29.2 Å². The fourth-order valence-electron chi connectivity index (χ4n) is 6.66. The van der Waals surface area contributed by atoms with Crippen molar-refractivity contribution in [2.24, 2.45) is 0 Å². The fourth-order valence-corrected chi connectivity index (χ4v) is 6.79. The van der Waals surface area contributed by atoms with Gasteiger partial charge in [-0.3, -0.25) is 14.5 Å². The molecule has 0 bridgehead atoms. The van der Waals surface area contributed by atoms with Crippen LogP contribution in [-0.4, -0.2) is 153 Å². The Labute approximate surface area is 314 Å². The van der Waals surface area contributed by atoms with Crippen LogP contribution in [0.4, 0.5) is 5.82 Å². The first-order valence-electron chi connectivity index (χ1n) is 18.7. The average molecular weight is 746 g/mol. The lowest BCUT2D eigenvalue weighted by atomic mass is 9.95. The van der Waals surface area contributed by atoms with Crippen molar-refractivity contribution in [3.63, 3.8) is 0 Å². The Hall–Kier alpha value is -2.91. The molecule has 0 spiro atoms. The normalized spacial score (nSPS) is 18.1. The summed E-state index contributed by atoms with van der Waals surface area (Å²) in [5, 5.41) is 14.4. The van der Waals surface area contributed by atoms with E-state index in [0.29, 0.717) is 96.3 Å². The van der Waals surface area contributed by atoms with Crippen molar-refractivity contribution in [2.45, 2.75) is 71.1 Å². The number of aromatic nitrogens is 2. The summed E-state index contributed by atoms with van der Waals surface area (Å²) in [5.41, 5.74) is 2.65. The van der Waals surface area contributed by atoms with Crippen molar-refractivity contribution < 1.29 is 28.9 Å². The molecule has 13 nitrogen and oxygen atoms in total. The second kappa shape index (κ2) is 21.1. The summed E-state index contributed by atoms with van der Waals surface area (Å²) in [6.07, 6.45) is 1.62. The molecule has 290 valence electrons. The number of hydrogen-bond acceptors (Lipinski definition) is 11. The maximum absolute atomic E-state index is 14.3. The van der Waals surface area contributed by atoms with E-state index in [1.165, 1.54) is 6.33 Å². The second-order valence-corrected chi connectivity index (χ2v) is 14.8. The molecule has 1 aliphatic carbocycles. The quantitative estimate of drug-likeness (QED) is 0.183. The third-order valence-corrected chi connectivity index (χ3v) is 10.1.